The van der Waals surface area contributed by atoms with Gasteiger partial charge in [0.05, 0.1) is 0 Å². The molecule has 1 aromatic heterocycles. The first kappa shape index (κ1) is 17.1. The fraction of sp³-hybridized carbons (Fsp3) is 0.238. The van der Waals surface area contributed by atoms with Gasteiger partial charge < -0.3 is 20.9 Å². The molecule has 2 aromatic carbocycles. The number of benzene rings is 2. The highest BCUT2D eigenvalue weighted by atomic mass is 16.2. The van der Waals surface area contributed by atoms with Crippen molar-refractivity contribution in [3.05, 3.63) is 65.9 Å². The number of aromatic amines is 1. The van der Waals surface area contributed by atoms with Crippen molar-refractivity contribution in [3.8, 4) is 0 Å². The summed E-state index contributed by atoms with van der Waals surface area (Å²) in [5.74, 6) is 0.491. The Balaban J connectivity index is 1.41. The Morgan fingerprint density at radius 3 is 2.44 bits per heavy atom. The number of urea groups is 1. The average molecular weight is 362 g/mol. The number of carbonyl (C=O) groups excluding carboxylic acids is 2. The number of anilines is 1. The minimum absolute atomic E-state index is 0.0259. The summed E-state index contributed by atoms with van der Waals surface area (Å²) in [6.07, 6.45) is 4.01. The van der Waals surface area contributed by atoms with Crippen LogP contribution in [-0.4, -0.2) is 34.9 Å². The van der Waals surface area contributed by atoms with E-state index < -0.39 is 6.03 Å². The Hall–Kier alpha value is -3.28. The molecule has 0 aliphatic carbocycles. The normalized spacial score (nSPS) is 15.0. The molecule has 0 radical (unpaired) electrons. The maximum absolute atomic E-state index is 12.7. The largest absolute Gasteiger partial charge is 0.361 e. The number of nitrogens with zero attached hydrogens (tertiary/aromatic N) is 1. The van der Waals surface area contributed by atoms with Gasteiger partial charge in [0.2, 0.25) is 0 Å². The van der Waals surface area contributed by atoms with Crippen LogP contribution >= 0.6 is 0 Å². The monoisotopic (exact) mass is 362 g/mol. The highest BCUT2D eigenvalue weighted by Gasteiger charge is 2.26. The SMILES string of the molecule is NC(=O)Nc1ccc(C(=O)N2CCC(c3c[nH]c4ccccc34)CC2)cc1. The van der Waals surface area contributed by atoms with E-state index in [1.807, 2.05) is 11.0 Å². The Kier molecular flexibility index (Phi) is 4.54. The van der Waals surface area contributed by atoms with Crippen LogP contribution < -0.4 is 11.1 Å². The van der Waals surface area contributed by atoms with Gasteiger partial charge in [-0.2, -0.15) is 0 Å². The quantitative estimate of drug-likeness (QED) is 0.663. The van der Waals surface area contributed by atoms with Crippen LogP contribution in [0.3, 0.4) is 0 Å². The van der Waals surface area contributed by atoms with Crippen LogP contribution in [0.4, 0.5) is 10.5 Å². The third-order valence-electron chi connectivity index (χ3n) is 5.24. The first-order valence-corrected chi connectivity index (χ1v) is 9.13. The minimum atomic E-state index is -0.617. The van der Waals surface area contributed by atoms with Crippen LogP contribution in [0.5, 0.6) is 0 Å². The summed E-state index contributed by atoms with van der Waals surface area (Å²) in [4.78, 5) is 28.9. The molecule has 4 N–H and O–H groups in total. The Morgan fingerprint density at radius 1 is 1.04 bits per heavy atom. The summed E-state index contributed by atoms with van der Waals surface area (Å²) in [7, 11) is 0. The van der Waals surface area contributed by atoms with Crippen molar-refractivity contribution in [2.45, 2.75) is 18.8 Å². The molecule has 0 unspecified atom stereocenters. The number of H-pyrrole nitrogens is 1. The molecule has 4 rings (SSSR count). The molecule has 0 saturated carbocycles. The van der Waals surface area contributed by atoms with Gasteiger partial charge in [0.25, 0.3) is 5.91 Å². The number of primary amides is 1. The number of hydrogen-bond acceptors (Lipinski definition) is 2. The molecule has 0 spiro atoms. The molecule has 2 heterocycles. The molecule has 1 saturated heterocycles. The summed E-state index contributed by atoms with van der Waals surface area (Å²) in [6, 6.07) is 14.6. The van der Waals surface area contributed by atoms with Crippen molar-refractivity contribution in [2.24, 2.45) is 5.73 Å². The van der Waals surface area contributed by atoms with E-state index in [0.29, 0.717) is 17.2 Å². The zero-order valence-electron chi connectivity index (χ0n) is 14.9. The zero-order valence-corrected chi connectivity index (χ0v) is 14.9. The third-order valence-corrected chi connectivity index (χ3v) is 5.24. The first-order chi connectivity index (χ1) is 13.1. The molecule has 138 valence electrons. The molecule has 6 nitrogen and oxygen atoms in total. The summed E-state index contributed by atoms with van der Waals surface area (Å²) >= 11 is 0. The molecule has 1 aliphatic rings. The van der Waals surface area contributed by atoms with E-state index in [2.05, 4.69) is 34.7 Å². The molecule has 3 amide bonds. The molecule has 0 bridgehead atoms. The Morgan fingerprint density at radius 2 is 1.74 bits per heavy atom. The van der Waals surface area contributed by atoms with Crippen molar-refractivity contribution >= 4 is 28.5 Å². The van der Waals surface area contributed by atoms with Gasteiger partial charge in [0, 0.05) is 41.4 Å². The number of amides is 3. The van der Waals surface area contributed by atoms with Crippen molar-refractivity contribution < 1.29 is 9.59 Å². The lowest BCUT2D eigenvalue weighted by Crippen LogP contribution is -2.37. The number of likely N-dealkylation sites (tertiary alicyclic amines) is 1. The number of rotatable bonds is 3. The van der Waals surface area contributed by atoms with E-state index in [0.717, 1.165) is 31.4 Å². The highest BCUT2D eigenvalue weighted by molar-refractivity contribution is 5.95. The fourth-order valence-corrected chi connectivity index (χ4v) is 3.85. The van der Waals surface area contributed by atoms with Gasteiger partial charge in [0.15, 0.2) is 0 Å². The van der Waals surface area contributed by atoms with E-state index in [1.54, 1.807) is 24.3 Å². The van der Waals surface area contributed by atoms with Crippen LogP contribution in [0.15, 0.2) is 54.7 Å². The number of fused-ring (bicyclic) bond motifs is 1. The van der Waals surface area contributed by atoms with E-state index in [-0.39, 0.29) is 5.91 Å². The fourth-order valence-electron chi connectivity index (χ4n) is 3.85. The summed E-state index contributed by atoms with van der Waals surface area (Å²) in [5.41, 5.74) is 8.81. The van der Waals surface area contributed by atoms with Crippen LogP contribution in [0.25, 0.3) is 10.9 Å². The van der Waals surface area contributed by atoms with Gasteiger partial charge in [-0.1, -0.05) is 18.2 Å². The van der Waals surface area contributed by atoms with E-state index in [4.69, 9.17) is 5.73 Å². The molecule has 3 aromatic rings. The molecule has 1 fully saturated rings. The molecular weight excluding hydrogens is 340 g/mol. The zero-order chi connectivity index (χ0) is 18.8. The minimum Gasteiger partial charge on any atom is -0.361 e. The number of hydrogen-bond donors (Lipinski definition) is 3. The Labute approximate surface area is 157 Å². The second-order valence-electron chi connectivity index (χ2n) is 6.92. The molecule has 27 heavy (non-hydrogen) atoms. The lowest BCUT2D eigenvalue weighted by Gasteiger charge is -2.32. The first-order valence-electron chi connectivity index (χ1n) is 9.13. The average Bonchev–Trinajstić information content (AvgIpc) is 3.12. The maximum Gasteiger partial charge on any atom is 0.316 e. The van der Waals surface area contributed by atoms with Crippen LogP contribution in [-0.2, 0) is 0 Å². The summed E-state index contributed by atoms with van der Waals surface area (Å²) in [6.45, 7) is 1.48. The van der Waals surface area contributed by atoms with Gasteiger partial charge in [-0.25, -0.2) is 4.79 Å². The number of carbonyl (C=O) groups is 2. The lowest BCUT2D eigenvalue weighted by atomic mass is 9.89. The predicted molar refractivity (Wildman–Crippen MR) is 106 cm³/mol. The van der Waals surface area contributed by atoms with Crippen molar-refractivity contribution in [3.63, 3.8) is 0 Å². The number of nitrogens with one attached hydrogen (secondary N) is 2. The van der Waals surface area contributed by atoms with Crippen molar-refractivity contribution in [2.75, 3.05) is 18.4 Å². The molecule has 6 heteroatoms. The van der Waals surface area contributed by atoms with E-state index in [9.17, 15) is 9.59 Å². The molecular formula is C21H22N4O2. The third kappa shape index (κ3) is 3.51. The number of para-hydroxylation sites is 1. The molecule has 0 atom stereocenters. The van der Waals surface area contributed by atoms with Crippen molar-refractivity contribution in [1.29, 1.82) is 0 Å². The van der Waals surface area contributed by atoms with Crippen molar-refractivity contribution in [1.82, 2.24) is 9.88 Å². The molecule has 1 aliphatic heterocycles. The maximum atomic E-state index is 12.7. The second-order valence-corrected chi connectivity index (χ2v) is 6.92. The summed E-state index contributed by atoms with van der Waals surface area (Å²) in [5, 5.41) is 3.78. The standard InChI is InChI=1S/C21H22N4O2/c22-21(27)24-16-7-5-15(6-8-16)20(26)25-11-9-14(10-12-25)18-13-23-19-4-2-1-3-17(18)19/h1-8,13-14,23H,9-12H2,(H3,22,24,27). The topological polar surface area (TPSA) is 91.2 Å². The van der Waals surface area contributed by atoms with Gasteiger partial charge in [-0.05, 0) is 54.7 Å². The van der Waals surface area contributed by atoms with Crippen LogP contribution in [0.1, 0.15) is 34.7 Å². The number of aromatic nitrogens is 1. The summed E-state index contributed by atoms with van der Waals surface area (Å²) < 4.78 is 0. The lowest BCUT2D eigenvalue weighted by molar-refractivity contribution is 0.0713. The van der Waals surface area contributed by atoms with E-state index >= 15 is 0 Å². The predicted octanol–water partition coefficient (Wildman–Crippen LogP) is 3.68. The van der Waals surface area contributed by atoms with Crippen LogP contribution in [0, 0.1) is 0 Å². The highest BCUT2D eigenvalue weighted by Crippen LogP contribution is 2.33. The van der Waals surface area contributed by atoms with Gasteiger partial charge in [-0.15, -0.1) is 0 Å². The smallest absolute Gasteiger partial charge is 0.316 e. The van der Waals surface area contributed by atoms with Crippen LogP contribution in [0.2, 0.25) is 0 Å². The van der Waals surface area contributed by atoms with Gasteiger partial charge in [-0.3, -0.25) is 4.79 Å². The Bertz CT molecular complexity index is 969. The number of piperidine rings is 1. The second kappa shape index (κ2) is 7.15. The van der Waals surface area contributed by atoms with E-state index in [1.165, 1.54) is 10.9 Å². The van der Waals surface area contributed by atoms with Gasteiger partial charge in [0.1, 0.15) is 0 Å². The van der Waals surface area contributed by atoms with Gasteiger partial charge >= 0.3 is 6.03 Å². The number of nitrogens with two attached hydrogens (primary N) is 1.